The van der Waals surface area contributed by atoms with Gasteiger partial charge in [-0.3, -0.25) is 9.97 Å². The summed E-state index contributed by atoms with van der Waals surface area (Å²) in [6.45, 7) is 0. The van der Waals surface area contributed by atoms with Gasteiger partial charge in [-0.2, -0.15) is 0 Å². The number of pyridine rings is 2. The van der Waals surface area contributed by atoms with E-state index >= 15 is 0 Å². The number of furan rings is 2. The summed E-state index contributed by atoms with van der Waals surface area (Å²) < 4.78 is 17.3. The van der Waals surface area contributed by atoms with Gasteiger partial charge in [0.25, 0.3) is 0 Å². The van der Waals surface area contributed by atoms with Crippen molar-refractivity contribution in [1.82, 2.24) is 19.1 Å². The Hall–Kier alpha value is -7.18. The smallest absolute Gasteiger partial charge is 0.135 e. The lowest BCUT2D eigenvalue weighted by Gasteiger charge is -2.08. The molecule has 0 bridgehead atoms. The van der Waals surface area contributed by atoms with Gasteiger partial charge in [-0.25, -0.2) is 0 Å². The Kier molecular flexibility index (Phi) is 5.41. The Morgan fingerprint density at radius 3 is 1.23 bits per heavy atom. The van der Waals surface area contributed by atoms with E-state index in [0.29, 0.717) is 0 Å². The highest BCUT2D eigenvalue weighted by molar-refractivity contribution is 6.12. The molecule has 0 saturated heterocycles. The number of nitrogens with zero attached hydrogens (tertiary/aromatic N) is 4. The third-order valence-corrected chi connectivity index (χ3v) is 10.6. The van der Waals surface area contributed by atoms with Crippen molar-refractivity contribution in [2.24, 2.45) is 0 Å². The predicted molar refractivity (Wildman–Crippen MR) is 211 cm³/mol. The van der Waals surface area contributed by atoms with Crippen LogP contribution in [0, 0.1) is 0 Å². The summed E-state index contributed by atoms with van der Waals surface area (Å²) in [5.41, 5.74) is 14.2. The number of fused-ring (bicyclic) bond motifs is 12. The van der Waals surface area contributed by atoms with E-state index in [-0.39, 0.29) is 0 Å². The predicted octanol–water partition coefficient (Wildman–Crippen LogP) is 12.1. The summed E-state index contributed by atoms with van der Waals surface area (Å²) >= 11 is 0. The second-order valence-electron chi connectivity index (χ2n) is 13.4. The van der Waals surface area contributed by atoms with Crippen LogP contribution in [0.1, 0.15) is 0 Å². The monoisotopic (exact) mass is 666 g/mol. The maximum absolute atomic E-state index is 6.37. The average molecular weight is 667 g/mol. The van der Waals surface area contributed by atoms with Crippen LogP contribution in [0.5, 0.6) is 0 Å². The third-order valence-electron chi connectivity index (χ3n) is 10.6. The molecule has 0 aliphatic heterocycles. The molecule has 6 aromatic heterocycles. The number of aromatic nitrogens is 4. The number of hydrogen-bond donors (Lipinski definition) is 0. The van der Waals surface area contributed by atoms with Crippen LogP contribution in [-0.2, 0) is 0 Å². The highest BCUT2D eigenvalue weighted by atomic mass is 16.3. The van der Waals surface area contributed by atoms with Crippen molar-refractivity contribution in [1.29, 1.82) is 0 Å². The van der Waals surface area contributed by atoms with Gasteiger partial charge in [0.15, 0.2) is 0 Å². The summed E-state index contributed by atoms with van der Waals surface area (Å²) in [6, 6.07) is 51.0. The minimum Gasteiger partial charge on any atom is -0.456 e. The van der Waals surface area contributed by atoms with Crippen molar-refractivity contribution in [3.05, 3.63) is 158 Å². The lowest BCUT2D eigenvalue weighted by atomic mass is 10.0. The molecule has 0 fully saturated rings. The first-order valence-electron chi connectivity index (χ1n) is 17.4. The average Bonchev–Trinajstić information content (AvgIpc) is 3.94. The van der Waals surface area contributed by atoms with Gasteiger partial charge in [0.05, 0.1) is 33.1 Å². The van der Waals surface area contributed by atoms with Crippen molar-refractivity contribution in [2.75, 3.05) is 0 Å². The molecule has 12 rings (SSSR count). The van der Waals surface area contributed by atoms with Gasteiger partial charge in [-0.1, -0.05) is 48.5 Å². The molecule has 0 aliphatic carbocycles. The molecule has 0 aliphatic rings. The largest absolute Gasteiger partial charge is 0.456 e. The van der Waals surface area contributed by atoms with Crippen molar-refractivity contribution >= 4 is 87.7 Å². The molecule has 0 atom stereocenters. The first kappa shape index (κ1) is 27.6. The van der Waals surface area contributed by atoms with Crippen LogP contribution in [-0.4, -0.2) is 19.1 Å². The van der Waals surface area contributed by atoms with Gasteiger partial charge >= 0.3 is 0 Å². The molecule has 0 unspecified atom stereocenters. The van der Waals surface area contributed by atoms with Crippen LogP contribution < -0.4 is 0 Å². The minimum atomic E-state index is 0.860. The van der Waals surface area contributed by atoms with E-state index in [1.54, 1.807) is 0 Å². The van der Waals surface area contributed by atoms with Crippen LogP contribution >= 0.6 is 0 Å². The summed E-state index contributed by atoms with van der Waals surface area (Å²) in [4.78, 5) is 9.46. The highest BCUT2D eigenvalue weighted by Crippen LogP contribution is 2.39. The fourth-order valence-electron chi connectivity index (χ4n) is 8.29. The van der Waals surface area contributed by atoms with Crippen LogP contribution in [0.2, 0.25) is 0 Å². The van der Waals surface area contributed by atoms with E-state index in [1.807, 2.05) is 24.5 Å². The molecule has 242 valence electrons. The van der Waals surface area contributed by atoms with Crippen molar-refractivity contribution in [3.8, 4) is 22.5 Å². The van der Waals surface area contributed by atoms with Gasteiger partial charge in [0.2, 0.25) is 0 Å². The van der Waals surface area contributed by atoms with Crippen molar-refractivity contribution < 1.29 is 8.83 Å². The summed E-state index contributed by atoms with van der Waals surface area (Å²) in [6.07, 6.45) is 3.72. The molecule has 12 aromatic rings. The van der Waals surface area contributed by atoms with Crippen LogP contribution in [0.3, 0.4) is 0 Å². The van der Waals surface area contributed by atoms with Crippen LogP contribution in [0.4, 0.5) is 0 Å². The van der Waals surface area contributed by atoms with Crippen LogP contribution in [0.15, 0.2) is 167 Å². The highest BCUT2D eigenvalue weighted by Gasteiger charge is 2.18. The number of rotatable bonds is 3. The molecule has 0 N–H and O–H groups in total. The SMILES string of the molecule is c1ccc2c(c1)c1ncccc1n2-c1ccc2oc3ccc(-c4ccc5oc6ccc(-n7c8ccccc8c8ncccc87)cc6c5c4)cc3c2c1. The molecule has 0 spiro atoms. The lowest BCUT2D eigenvalue weighted by molar-refractivity contribution is 0.668. The molecule has 6 heteroatoms. The number of hydrogen-bond acceptors (Lipinski definition) is 4. The first-order valence-corrected chi connectivity index (χ1v) is 17.4. The Labute approximate surface area is 295 Å². The molecular weight excluding hydrogens is 641 g/mol. The Bertz CT molecular complexity index is 3100. The van der Waals surface area contributed by atoms with E-state index in [4.69, 9.17) is 18.8 Å². The van der Waals surface area contributed by atoms with Gasteiger partial charge in [-0.15, -0.1) is 0 Å². The molecule has 6 aromatic carbocycles. The summed E-state index contributed by atoms with van der Waals surface area (Å²) in [7, 11) is 0. The van der Waals surface area contributed by atoms with Gasteiger partial charge < -0.3 is 18.0 Å². The Balaban J connectivity index is 1.02. The second-order valence-corrected chi connectivity index (χ2v) is 13.4. The molecular formula is C46H26N4O2. The standard InChI is InChI=1S/C46H26N4O2/c1-3-9-37-31(7-1)45-39(11-5-21-47-45)49(37)29-15-19-43-35(25-29)33-23-27(13-17-41(33)51-43)28-14-18-42-34(24-28)36-26-30(16-20-44(36)52-42)50-38-10-4-2-8-32(38)46-40(50)12-6-22-48-46/h1-26H. The molecule has 0 radical (unpaired) electrons. The van der Waals surface area contributed by atoms with E-state index in [0.717, 1.165) is 110 Å². The Morgan fingerprint density at radius 1 is 0.346 bits per heavy atom. The molecule has 6 nitrogen and oxygen atoms in total. The van der Waals surface area contributed by atoms with Gasteiger partial charge in [-0.05, 0) is 108 Å². The van der Waals surface area contributed by atoms with E-state index in [2.05, 4.69) is 143 Å². The third kappa shape index (κ3) is 3.78. The van der Waals surface area contributed by atoms with Crippen LogP contribution in [0.25, 0.3) is 110 Å². The zero-order chi connectivity index (χ0) is 33.9. The summed E-state index contributed by atoms with van der Waals surface area (Å²) in [5, 5.41) is 6.58. The van der Waals surface area contributed by atoms with Crippen molar-refractivity contribution in [2.45, 2.75) is 0 Å². The van der Waals surface area contributed by atoms with E-state index in [9.17, 15) is 0 Å². The van der Waals surface area contributed by atoms with Gasteiger partial charge in [0, 0.05) is 56.1 Å². The van der Waals surface area contributed by atoms with Gasteiger partial charge in [0.1, 0.15) is 22.3 Å². The molecule has 6 heterocycles. The number of benzene rings is 6. The van der Waals surface area contributed by atoms with Crippen molar-refractivity contribution in [3.63, 3.8) is 0 Å². The Morgan fingerprint density at radius 2 is 0.750 bits per heavy atom. The fourth-order valence-corrected chi connectivity index (χ4v) is 8.29. The summed E-state index contributed by atoms with van der Waals surface area (Å²) in [5.74, 6) is 0. The first-order chi connectivity index (χ1) is 25.8. The topological polar surface area (TPSA) is 61.9 Å². The lowest BCUT2D eigenvalue weighted by Crippen LogP contribution is -1.93. The fraction of sp³-hybridized carbons (Fsp3) is 0. The maximum Gasteiger partial charge on any atom is 0.135 e. The number of para-hydroxylation sites is 2. The maximum atomic E-state index is 6.37. The quantitative estimate of drug-likeness (QED) is 0.188. The molecule has 52 heavy (non-hydrogen) atoms. The normalized spacial score (nSPS) is 12.2. The van der Waals surface area contributed by atoms with E-state index < -0.39 is 0 Å². The molecule has 0 amide bonds. The molecule has 0 saturated carbocycles. The zero-order valence-electron chi connectivity index (χ0n) is 27.6. The second kappa shape index (κ2) is 10.2. The minimum absolute atomic E-state index is 0.860. The van der Waals surface area contributed by atoms with E-state index in [1.165, 1.54) is 0 Å². The zero-order valence-corrected chi connectivity index (χ0v) is 27.6.